The molecule has 0 aliphatic heterocycles. The predicted octanol–water partition coefficient (Wildman–Crippen LogP) is 2.57. The molecule has 1 aliphatic rings. The normalized spacial score (nSPS) is 11.6. The first kappa shape index (κ1) is 16.7. The van der Waals surface area contributed by atoms with E-state index in [0.29, 0.717) is 0 Å². The van der Waals surface area contributed by atoms with Gasteiger partial charge in [-0.15, -0.1) is 5.69 Å². The Morgan fingerprint density at radius 1 is 1.29 bits per heavy atom. The third-order valence-corrected chi connectivity index (χ3v) is 2.16. The van der Waals surface area contributed by atoms with Gasteiger partial charge in [-0.1, -0.05) is 27.2 Å². The number of aryl methyl sites for hydroxylation is 2. The van der Waals surface area contributed by atoms with Gasteiger partial charge in [0.15, 0.2) is 0 Å². The summed E-state index contributed by atoms with van der Waals surface area (Å²) < 4.78 is 0. The molecule has 0 unspecified atom stereocenters. The van der Waals surface area contributed by atoms with E-state index in [-0.39, 0.29) is 38.5 Å². The van der Waals surface area contributed by atoms with Crippen LogP contribution in [0.5, 0.6) is 0 Å². The molecule has 3 heteroatoms. The molecule has 0 bridgehead atoms. The molecule has 0 saturated carbocycles. The van der Waals surface area contributed by atoms with Crippen LogP contribution in [-0.2, 0) is 19.3 Å². The maximum atomic E-state index is 4.12. The fourth-order valence-electron chi connectivity index (χ4n) is 1.61. The predicted molar refractivity (Wildman–Crippen MR) is 56.7 cm³/mol. The van der Waals surface area contributed by atoms with Crippen molar-refractivity contribution in [2.45, 2.75) is 46.5 Å². The van der Waals surface area contributed by atoms with Gasteiger partial charge in [-0.2, -0.15) is 0 Å². The zero-order valence-corrected chi connectivity index (χ0v) is 13.9. The molecule has 0 atom stereocenters. The largest absolute Gasteiger partial charge is 2.00 e. The van der Waals surface area contributed by atoms with Gasteiger partial charge in [-0.25, -0.2) is 0 Å². The molecular weight excluding hydrogens is 398 g/mol. The number of fused-ring (bicyclic) bond motifs is 1. The molecule has 1 heterocycles. The SMILES string of the molecule is CC.CCc1[n-]nc2c1CCC2.[CH3-].[U+2]. The van der Waals surface area contributed by atoms with E-state index in [4.69, 9.17) is 0 Å². The van der Waals surface area contributed by atoms with E-state index in [2.05, 4.69) is 17.1 Å². The zero-order valence-electron chi connectivity index (χ0n) is 9.72. The summed E-state index contributed by atoms with van der Waals surface area (Å²) in [6.07, 6.45) is 4.70. The minimum Gasteiger partial charge on any atom is -0.578 e. The summed E-state index contributed by atoms with van der Waals surface area (Å²) in [7, 11) is 0. The van der Waals surface area contributed by atoms with Gasteiger partial charge < -0.3 is 17.6 Å². The van der Waals surface area contributed by atoms with Gasteiger partial charge in [0.2, 0.25) is 0 Å². The van der Waals surface area contributed by atoms with E-state index in [1.807, 2.05) is 13.8 Å². The molecular formula is C11H20N2U. The van der Waals surface area contributed by atoms with Crippen molar-refractivity contribution in [3.8, 4) is 0 Å². The molecule has 78 valence electrons. The van der Waals surface area contributed by atoms with Crippen LogP contribution in [0.3, 0.4) is 0 Å². The fraction of sp³-hybridized carbons (Fsp3) is 0.636. The van der Waals surface area contributed by atoms with Gasteiger partial charge in [-0.05, 0) is 24.8 Å². The molecule has 0 radical (unpaired) electrons. The monoisotopic (exact) mass is 418 g/mol. The van der Waals surface area contributed by atoms with Crippen LogP contribution in [0.1, 0.15) is 44.1 Å². The van der Waals surface area contributed by atoms with Crippen LogP contribution >= 0.6 is 0 Å². The molecule has 0 fully saturated rings. The third-order valence-electron chi connectivity index (χ3n) is 2.16. The topological polar surface area (TPSA) is 27.0 Å². The van der Waals surface area contributed by atoms with Gasteiger partial charge in [0.25, 0.3) is 0 Å². The number of aromatic nitrogens is 2. The molecule has 0 N–H and O–H groups in total. The first-order chi connectivity index (χ1) is 5.92. The van der Waals surface area contributed by atoms with Crippen LogP contribution in [0.25, 0.3) is 0 Å². The third kappa shape index (κ3) is 3.44. The molecule has 0 amide bonds. The van der Waals surface area contributed by atoms with E-state index in [1.54, 1.807) is 0 Å². The van der Waals surface area contributed by atoms with Crippen molar-refractivity contribution in [2.24, 2.45) is 0 Å². The smallest absolute Gasteiger partial charge is 0.578 e. The van der Waals surface area contributed by atoms with E-state index in [1.165, 1.54) is 29.8 Å². The number of nitrogens with zero attached hydrogens (tertiary/aromatic N) is 2. The van der Waals surface area contributed by atoms with Crippen LogP contribution < -0.4 is 5.10 Å². The van der Waals surface area contributed by atoms with E-state index >= 15 is 0 Å². The van der Waals surface area contributed by atoms with E-state index in [0.717, 1.165) is 12.8 Å². The van der Waals surface area contributed by atoms with Crippen LogP contribution in [0.15, 0.2) is 0 Å². The molecule has 0 aromatic carbocycles. The number of hydrogen-bond donors (Lipinski definition) is 0. The molecule has 0 spiro atoms. The molecule has 1 aromatic rings. The van der Waals surface area contributed by atoms with Gasteiger partial charge >= 0.3 is 31.1 Å². The zero-order chi connectivity index (χ0) is 8.97. The minimum atomic E-state index is 0. The summed E-state index contributed by atoms with van der Waals surface area (Å²) in [5.74, 6) is 0. The molecule has 1 aliphatic carbocycles. The summed E-state index contributed by atoms with van der Waals surface area (Å²) in [6, 6.07) is 0. The fourth-order valence-corrected chi connectivity index (χ4v) is 1.61. The van der Waals surface area contributed by atoms with Crippen molar-refractivity contribution in [2.75, 3.05) is 0 Å². The average Bonchev–Trinajstić information content (AvgIpc) is 2.67. The van der Waals surface area contributed by atoms with Crippen LogP contribution in [-0.4, -0.2) is 5.10 Å². The van der Waals surface area contributed by atoms with E-state index in [9.17, 15) is 0 Å². The summed E-state index contributed by atoms with van der Waals surface area (Å²) >= 11 is 0. The van der Waals surface area contributed by atoms with E-state index < -0.39 is 0 Å². The van der Waals surface area contributed by atoms with Crippen molar-refractivity contribution >= 4 is 0 Å². The summed E-state index contributed by atoms with van der Waals surface area (Å²) in [5, 5.41) is 8.22. The molecule has 1 aromatic heterocycles. The van der Waals surface area contributed by atoms with Gasteiger partial charge in [0.05, 0.1) is 0 Å². The van der Waals surface area contributed by atoms with Crippen LogP contribution in [0.2, 0.25) is 0 Å². The maximum absolute atomic E-state index is 4.12. The summed E-state index contributed by atoms with van der Waals surface area (Å²) in [4.78, 5) is 0. The Kier molecular flexibility index (Phi) is 10.2. The van der Waals surface area contributed by atoms with Gasteiger partial charge in [0.1, 0.15) is 0 Å². The van der Waals surface area contributed by atoms with Crippen molar-refractivity contribution in [1.29, 1.82) is 0 Å². The van der Waals surface area contributed by atoms with Crippen LogP contribution in [0.4, 0.5) is 0 Å². The van der Waals surface area contributed by atoms with Gasteiger partial charge in [-0.3, -0.25) is 0 Å². The first-order valence-electron chi connectivity index (χ1n) is 4.91. The number of rotatable bonds is 1. The van der Waals surface area contributed by atoms with Gasteiger partial charge in [0, 0.05) is 5.69 Å². The number of hydrogen-bond acceptors (Lipinski definition) is 1. The second-order valence-electron chi connectivity index (χ2n) is 2.78. The molecule has 2 nitrogen and oxygen atoms in total. The average molecular weight is 418 g/mol. The standard InChI is InChI=1S/C8H11N2.C2H6.CH3.U/c1-2-7-6-4-3-5-8(6)10-9-7;1-2;;/h2-5H2,1H3;1-2H3;1H3;/q-1;;-1;+2. The van der Waals surface area contributed by atoms with Crippen molar-refractivity contribution in [3.63, 3.8) is 0 Å². The first-order valence-corrected chi connectivity index (χ1v) is 4.91. The Hall–Kier alpha value is 0.262. The van der Waals surface area contributed by atoms with Crippen LogP contribution in [0, 0.1) is 38.5 Å². The second-order valence-corrected chi connectivity index (χ2v) is 2.78. The Morgan fingerprint density at radius 2 is 1.93 bits per heavy atom. The van der Waals surface area contributed by atoms with Crippen molar-refractivity contribution in [3.05, 3.63) is 24.4 Å². The second kappa shape index (κ2) is 8.56. The Balaban J connectivity index is 0. The Morgan fingerprint density at radius 3 is 2.50 bits per heavy atom. The maximum Gasteiger partial charge on any atom is 2.00 e. The summed E-state index contributed by atoms with van der Waals surface area (Å²) in [6.45, 7) is 6.14. The minimum absolute atomic E-state index is 0. The molecule has 2 rings (SSSR count). The molecule has 14 heavy (non-hydrogen) atoms. The molecule has 0 saturated heterocycles. The Bertz CT molecular complexity index is 243. The Labute approximate surface area is 112 Å². The van der Waals surface area contributed by atoms with Crippen molar-refractivity contribution in [1.82, 2.24) is 10.2 Å². The van der Waals surface area contributed by atoms with Crippen molar-refractivity contribution < 1.29 is 31.1 Å². The summed E-state index contributed by atoms with van der Waals surface area (Å²) in [5.41, 5.74) is 3.94. The quantitative estimate of drug-likeness (QED) is 0.656.